The van der Waals surface area contributed by atoms with Crippen molar-refractivity contribution in [3.05, 3.63) is 88.3 Å². The summed E-state index contributed by atoms with van der Waals surface area (Å²) in [5.41, 5.74) is 1.30. The second kappa shape index (κ2) is 9.62. The van der Waals surface area contributed by atoms with Gasteiger partial charge in [-0.05, 0) is 30.9 Å². The van der Waals surface area contributed by atoms with Crippen molar-refractivity contribution in [1.29, 1.82) is 0 Å². The number of hydrogen-bond donors (Lipinski definition) is 2. The highest BCUT2D eigenvalue weighted by Crippen LogP contribution is 2.43. The molecule has 0 saturated carbocycles. The Kier molecular flexibility index (Phi) is 6.23. The van der Waals surface area contributed by atoms with Gasteiger partial charge in [0.25, 0.3) is 0 Å². The fourth-order valence-corrected chi connectivity index (χ4v) is 4.82. The summed E-state index contributed by atoms with van der Waals surface area (Å²) in [7, 11) is 0. The number of aromatic hydroxyl groups is 2. The molecule has 1 aliphatic heterocycles. The molecule has 4 aromatic rings. The second-order valence-electron chi connectivity index (χ2n) is 8.86. The van der Waals surface area contributed by atoms with Gasteiger partial charge >= 0.3 is 0 Å². The number of hydrogen-bond acceptors (Lipinski definition) is 6. The molecule has 0 radical (unpaired) electrons. The summed E-state index contributed by atoms with van der Waals surface area (Å²) in [6.07, 6.45) is 6.38. The molecule has 0 spiro atoms. The van der Waals surface area contributed by atoms with Crippen LogP contribution in [0.4, 0.5) is 0 Å². The lowest BCUT2D eigenvalue weighted by atomic mass is 9.86. The van der Waals surface area contributed by atoms with Crippen LogP contribution in [0.5, 0.6) is 11.5 Å². The third kappa shape index (κ3) is 4.49. The monoisotopic (exact) mass is 470 g/mol. The first-order chi connectivity index (χ1) is 17.0. The number of benzene rings is 2. The average molecular weight is 471 g/mol. The first kappa shape index (κ1) is 22.7. The van der Waals surface area contributed by atoms with Gasteiger partial charge in [-0.2, -0.15) is 0 Å². The molecule has 2 aromatic heterocycles. The third-order valence-electron chi connectivity index (χ3n) is 6.58. The van der Waals surface area contributed by atoms with Gasteiger partial charge in [-0.25, -0.2) is 0 Å². The minimum absolute atomic E-state index is 0.0307. The Hall–Kier alpha value is -4.13. The number of pyridine rings is 1. The van der Waals surface area contributed by atoms with Crippen LogP contribution in [-0.2, 0) is 4.79 Å². The zero-order chi connectivity index (χ0) is 24.4. The molecule has 178 valence electrons. The molecule has 1 saturated heterocycles. The molecule has 0 unspecified atom stereocenters. The fraction of sp³-hybridized carbons (Fsp3) is 0.250. The lowest BCUT2D eigenvalue weighted by molar-refractivity contribution is -0.132. The Bertz CT molecular complexity index is 1410. The number of rotatable bonds is 5. The molecule has 0 bridgehead atoms. The molecule has 2 N–H and O–H groups in total. The third-order valence-corrected chi connectivity index (χ3v) is 6.58. The predicted molar refractivity (Wildman–Crippen MR) is 132 cm³/mol. The van der Waals surface area contributed by atoms with E-state index in [1.807, 2.05) is 41.3 Å². The van der Waals surface area contributed by atoms with E-state index in [1.165, 1.54) is 6.07 Å². The van der Waals surface area contributed by atoms with E-state index in [4.69, 9.17) is 4.42 Å². The van der Waals surface area contributed by atoms with Crippen molar-refractivity contribution in [1.82, 2.24) is 9.88 Å². The molecule has 7 heteroatoms. The van der Waals surface area contributed by atoms with Crippen molar-refractivity contribution in [2.24, 2.45) is 0 Å². The highest BCUT2D eigenvalue weighted by Gasteiger charge is 2.30. The molecular formula is C28H26N2O5. The summed E-state index contributed by atoms with van der Waals surface area (Å²) >= 11 is 0. The Morgan fingerprint density at radius 3 is 2.49 bits per heavy atom. The highest BCUT2D eigenvalue weighted by molar-refractivity contribution is 5.91. The van der Waals surface area contributed by atoms with Gasteiger partial charge in [-0.15, -0.1) is 0 Å². The maximum atomic E-state index is 13.3. The van der Waals surface area contributed by atoms with Crippen LogP contribution in [0.2, 0.25) is 0 Å². The number of fused-ring (bicyclic) bond motifs is 1. The van der Waals surface area contributed by atoms with E-state index >= 15 is 0 Å². The molecule has 0 aliphatic carbocycles. The van der Waals surface area contributed by atoms with E-state index in [2.05, 4.69) is 4.98 Å². The lowest BCUT2D eigenvalue weighted by Gasteiger charge is -2.29. The minimum atomic E-state index is -0.629. The standard InChI is InChI=1S/C28H26N2O5/c31-21-15-22(32)27-23(33)16-24(18-8-3-1-4-9-18)35-28(27)26(21)20(19-10-7-11-29-17-19)14-25(34)30-12-5-2-6-13-30/h1,3-4,7-11,15-17,20,31-32H,2,5-6,12-14H2/t20-/m0/s1. The zero-order valence-corrected chi connectivity index (χ0v) is 19.2. The van der Waals surface area contributed by atoms with Crippen LogP contribution >= 0.6 is 0 Å². The topological polar surface area (TPSA) is 104 Å². The van der Waals surface area contributed by atoms with Crippen LogP contribution in [0.3, 0.4) is 0 Å². The first-order valence-corrected chi connectivity index (χ1v) is 11.8. The number of carbonyl (C=O) groups excluding carboxylic acids is 1. The van der Waals surface area contributed by atoms with Crippen LogP contribution in [0.15, 0.2) is 76.2 Å². The SMILES string of the molecule is O=C(C[C@@H](c1cccnc1)c1c(O)cc(O)c2c(=O)cc(-c3ccccc3)oc12)N1CCCCC1. The molecule has 2 aromatic carbocycles. The van der Waals surface area contributed by atoms with Crippen molar-refractivity contribution in [3.63, 3.8) is 0 Å². The van der Waals surface area contributed by atoms with Gasteiger partial charge in [0.1, 0.15) is 28.2 Å². The van der Waals surface area contributed by atoms with Crippen molar-refractivity contribution in [2.45, 2.75) is 31.6 Å². The van der Waals surface area contributed by atoms with Crippen LogP contribution in [0, 0.1) is 0 Å². The minimum Gasteiger partial charge on any atom is -0.507 e. The number of phenolic OH excluding ortho intramolecular Hbond substituents is 2. The number of likely N-dealkylation sites (tertiary alicyclic amines) is 1. The normalized spacial score (nSPS) is 14.7. The van der Waals surface area contributed by atoms with Crippen molar-refractivity contribution >= 4 is 16.9 Å². The quantitative estimate of drug-likeness (QED) is 0.434. The molecule has 1 fully saturated rings. The van der Waals surface area contributed by atoms with Gasteiger partial charge in [0, 0.05) is 61.1 Å². The lowest BCUT2D eigenvalue weighted by Crippen LogP contribution is -2.36. The molecule has 3 heterocycles. The van der Waals surface area contributed by atoms with Gasteiger partial charge < -0.3 is 19.5 Å². The van der Waals surface area contributed by atoms with Crippen LogP contribution in [0.1, 0.15) is 42.7 Å². The molecule has 35 heavy (non-hydrogen) atoms. The Labute approximate surface area is 202 Å². The van der Waals surface area contributed by atoms with E-state index in [0.29, 0.717) is 30.0 Å². The summed E-state index contributed by atoms with van der Waals surface area (Å²) in [6, 6.07) is 15.2. The second-order valence-corrected chi connectivity index (χ2v) is 8.86. The molecular weight excluding hydrogens is 444 g/mol. The van der Waals surface area contributed by atoms with E-state index in [0.717, 1.165) is 25.3 Å². The van der Waals surface area contributed by atoms with Crippen LogP contribution < -0.4 is 5.43 Å². The number of piperidine rings is 1. The van der Waals surface area contributed by atoms with Crippen molar-refractivity contribution in [2.75, 3.05) is 13.1 Å². The van der Waals surface area contributed by atoms with Crippen molar-refractivity contribution in [3.8, 4) is 22.8 Å². The molecule has 1 atom stereocenters. The summed E-state index contributed by atoms with van der Waals surface area (Å²) in [5, 5.41) is 21.5. The van der Waals surface area contributed by atoms with Gasteiger partial charge in [-0.3, -0.25) is 14.6 Å². The van der Waals surface area contributed by atoms with Gasteiger partial charge in [0.05, 0.1) is 0 Å². The smallest absolute Gasteiger partial charge is 0.223 e. The van der Waals surface area contributed by atoms with Crippen molar-refractivity contribution < 1.29 is 19.4 Å². The first-order valence-electron chi connectivity index (χ1n) is 11.8. The Morgan fingerprint density at radius 1 is 1.00 bits per heavy atom. The summed E-state index contributed by atoms with van der Waals surface area (Å²) < 4.78 is 6.19. The number of aromatic nitrogens is 1. The van der Waals surface area contributed by atoms with Crippen LogP contribution in [-0.4, -0.2) is 39.1 Å². The summed E-state index contributed by atoms with van der Waals surface area (Å²) in [4.78, 5) is 32.5. The summed E-state index contributed by atoms with van der Waals surface area (Å²) in [5.74, 6) is -0.983. The van der Waals surface area contributed by atoms with Gasteiger partial charge in [0.15, 0.2) is 5.43 Å². The molecule has 1 aliphatic rings. The van der Waals surface area contributed by atoms with E-state index in [-0.39, 0.29) is 40.4 Å². The summed E-state index contributed by atoms with van der Waals surface area (Å²) in [6.45, 7) is 1.41. The van der Waals surface area contributed by atoms with E-state index in [9.17, 15) is 19.8 Å². The zero-order valence-electron chi connectivity index (χ0n) is 19.2. The molecule has 7 nitrogen and oxygen atoms in total. The Balaban J connectivity index is 1.71. The number of amides is 1. The predicted octanol–water partition coefficient (Wildman–Crippen LogP) is 4.80. The fourth-order valence-electron chi connectivity index (χ4n) is 4.82. The number of carbonyl (C=O) groups is 1. The van der Waals surface area contributed by atoms with E-state index < -0.39 is 11.3 Å². The van der Waals surface area contributed by atoms with Gasteiger partial charge in [0.2, 0.25) is 5.91 Å². The average Bonchev–Trinajstić information content (AvgIpc) is 2.89. The highest BCUT2D eigenvalue weighted by atomic mass is 16.3. The van der Waals surface area contributed by atoms with Gasteiger partial charge in [-0.1, -0.05) is 36.4 Å². The van der Waals surface area contributed by atoms with Crippen LogP contribution in [0.25, 0.3) is 22.3 Å². The number of nitrogens with zero attached hydrogens (tertiary/aromatic N) is 2. The Morgan fingerprint density at radius 2 is 1.77 bits per heavy atom. The number of phenols is 2. The molecule has 5 rings (SSSR count). The molecule has 1 amide bonds. The largest absolute Gasteiger partial charge is 0.507 e. The maximum Gasteiger partial charge on any atom is 0.223 e. The van der Waals surface area contributed by atoms with E-state index in [1.54, 1.807) is 18.5 Å². The maximum absolute atomic E-state index is 13.3.